The summed E-state index contributed by atoms with van der Waals surface area (Å²) >= 11 is 0. The third-order valence-corrected chi connectivity index (χ3v) is 5.73. The van der Waals surface area contributed by atoms with Gasteiger partial charge in [-0.25, -0.2) is 9.97 Å². The van der Waals surface area contributed by atoms with Crippen LogP contribution in [0.2, 0.25) is 0 Å². The van der Waals surface area contributed by atoms with Gasteiger partial charge in [-0.2, -0.15) is 0 Å². The number of carbonyl (C=O) groups excluding carboxylic acids is 1. The van der Waals surface area contributed by atoms with Crippen LogP contribution in [0.4, 0.5) is 17.2 Å². The van der Waals surface area contributed by atoms with Gasteiger partial charge in [0.05, 0.1) is 23.9 Å². The second-order valence-electron chi connectivity index (χ2n) is 8.31. The molecule has 0 spiro atoms. The van der Waals surface area contributed by atoms with E-state index in [1.54, 1.807) is 20.1 Å². The van der Waals surface area contributed by atoms with Crippen molar-refractivity contribution < 1.29 is 14.6 Å². The van der Waals surface area contributed by atoms with Crippen molar-refractivity contribution in [3.8, 4) is 28.1 Å². The number of methoxy groups -OCH3 is 1. The number of nitrogen functional groups attached to an aromatic ring is 1. The molecule has 0 saturated heterocycles. The Kier molecular flexibility index (Phi) is 6.44. The molecule has 4 aromatic rings. The van der Waals surface area contributed by atoms with Crippen LogP contribution in [0.3, 0.4) is 0 Å². The molecule has 2 aromatic carbocycles. The normalized spacial score (nSPS) is 11.8. The molecule has 0 radical (unpaired) electrons. The Hall–Kier alpha value is -4.37. The first-order chi connectivity index (χ1) is 16.7. The van der Waals surface area contributed by atoms with Gasteiger partial charge in [0.1, 0.15) is 29.8 Å². The molecule has 2 heterocycles. The molecule has 180 valence electrons. The maximum absolute atomic E-state index is 11.6. The molecule has 0 bridgehead atoms. The van der Waals surface area contributed by atoms with Gasteiger partial charge in [-0.1, -0.05) is 24.8 Å². The Morgan fingerprint density at radius 2 is 1.83 bits per heavy atom. The van der Waals surface area contributed by atoms with E-state index in [-0.39, 0.29) is 5.91 Å². The minimum Gasteiger partial charge on any atom is -0.495 e. The van der Waals surface area contributed by atoms with E-state index in [9.17, 15) is 9.90 Å². The third-order valence-electron chi connectivity index (χ3n) is 5.73. The van der Waals surface area contributed by atoms with Crippen LogP contribution in [0.15, 0.2) is 60.9 Å². The number of nitrogens with zero attached hydrogens (tertiary/aromatic N) is 3. The summed E-state index contributed by atoms with van der Waals surface area (Å²) in [5.41, 5.74) is 12.4. The summed E-state index contributed by atoms with van der Waals surface area (Å²) in [4.78, 5) is 20.3. The van der Waals surface area contributed by atoms with Crippen molar-refractivity contribution >= 4 is 34.1 Å². The number of aliphatic hydroxyl groups is 1. The average molecular weight is 473 g/mol. The van der Waals surface area contributed by atoms with Crippen molar-refractivity contribution in [3.63, 3.8) is 0 Å². The quantitative estimate of drug-likeness (QED) is 0.235. The number of aryl methyl sites for hydroxylation is 1. The van der Waals surface area contributed by atoms with E-state index in [4.69, 9.17) is 10.5 Å². The molecular formula is C26H28N6O3. The fraction of sp³-hybridized carbons (Fsp3) is 0.192. The number of nitrogens with one attached hydrogen (secondary N) is 2. The topological polar surface area (TPSA) is 127 Å². The number of fused-ring (bicyclic) bond motifs is 1. The van der Waals surface area contributed by atoms with Crippen LogP contribution in [0.25, 0.3) is 33.4 Å². The Balaban J connectivity index is 1.90. The maximum atomic E-state index is 11.6. The molecule has 9 nitrogen and oxygen atoms in total. The zero-order chi connectivity index (χ0) is 25.3. The summed E-state index contributed by atoms with van der Waals surface area (Å²) in [6.07, 6.45) is 0.608. The van der Waals surface area contributed by atoms with Crippen molar-refractivity contribution in [2.75, 3.05) is 23.5 Å². The fourth-order valence-corrected chi connectivity index (χ4v) is 4.04. The predicted molar refractivity (Wildman–Crippen MR) is 139 cm³/mol. The number of anilines is 3. The van der Waals surface area contributed by atoms with E-state index < -0.39 is 6.23 Å². The number of benzene rings is 2. The average Bonchev–Trinajstić information content (AvgIpc) is 3.13. The predicted octanol–water partition coefficient (Wildman–Crippen LogP) is 4.16. The van der Waals surface area contributed by atoms with Crippen LogP contribution in [-0.4, -0.2) is 38.9 Å². The van der Waals surface area contributed by atoms with Gasteiger partial charge in [0.15, 0.2) is 0 Å². The van der Waals surface area contributed by atoms with Crippen molar-refractivity contribution in [2.45, 2.75) is 20.1 Å². The van der Waals surface area contributed by atoms with Crippen molar-refractivity contribution in [1.29, 1.82) is 0 Å². The van der Waals surface area contributed by atoms with Gasteiger partial charge in [0, 0.05) is 25.2 Å². The second kappa shape index (κ2) is 9.47. The molecule has 0 aliphatic heterocycles. The van der Waals surface area contributed by atoms with Gasteiger partial charge in [-0.15, -0.1) is 0 Å². The molecule has 0 aliphatic carbocycles. The first-order valence-corrected chi connectivity index (χ1v) is 11.0. The van der Waals surface area contributed by atoms with Crippen molar-refractivity contribution in [1.82, 2.24) is 14.5 Å². The summed E-state index contributed by atoms with van der Waals surface area (Å²) in [6.45, 7) is 6.97. The van der Waals surface area contributed by atoms with Crippen LogP contribution in [0, 0.1) is 0 Å². The van der Waals surface area contributed by atoms with Crippen LogP contribution in [0.1, 0.15) is 13.8 Å². The van der Waals surface area contributed by atoms with Gasteiger partial charge < -0.3 is 30.8 Å². The Morgan fingerprint density at radius 1 is 1.14 bits per heavy atom. The van der Waals surface area contributed by atoms with Gasteiger partial charge in [-0.3, -0.25) is 4.79 Å². The van der Waals surface area contributed by atoms with Gasteiger partial charge in [-0.05, 0) is 47.9 Å². The number of aliphatic hydroxyl groups excluding tert-OH is 1. The zero-order valence-electron chi connectivity index (χ0n) is 20.1. The van der Waals surface area contributed by atoms with E-state index in [1.165, 1.54) is 13.3 Å². The highest BCUT2D eigenvalue weighted by Gasteiger charge is 2.23. The van der Waals surface area contributed by atoms with Gasteiger partial charge >= 0.3 is 0 Å². The minimum absolute atomic E-state index is 0.190. The number of nitrogens with two attached hydrogens (primary N) is 1. The van der Waals surface area contributed by atoms with Crippen LogP contribution in [0.5, 0.6) is 5.75 Å². The summed E-state index contributed by atoms with van der Waals surface area (Å²) in [6, 6.07) is 13.2. The molecular weight excluding hydrogens is 444 g/mol. The molecule has 9 heteroatoms. The summed E-state index contributed by atoms with van der Waals surface area (Å²) < 4.78 is 7.53. The Morgan fingerprint density at radius 3 is 2.46 bits per heavy atom. The van der Waals surface area contributed by atoms with Gasteiger partial charge in [0.25, 0.3) is 0 Å². The van der Waals surface area contributed by atoms with E-state index in [0.717, 1.165) is 33.5 Å². The first-order valence-electron chi connectivity index (χ1n) is 11.0. The Bertz CT molecular complexity index is 1430. The number of hydrogen-bond donors (Lipinski definition) is 4. The molecule has 0 fully saturated rings. The van der Waals surface area contributed by atoms with Crippen LogP contribution in [-0.2, 0) is 11.8 Å². The van der Waals surface area contributed by atoms with Crippen molar-refractivity contribution in [3.05, 3.63) is 60.9 Å². The second-order valence-corrected chi connectivity index (χ2v) is 8.31. The van der Waals surface area contributed by atoms with E-state index in [0.29, 0.717) is 28.5 Å². The first kappa shape index (κ1) is 23.8. The Labute approximate surface area is 203 Å². The number of aromatic nitrogens is 3. The highest BCUT2D eigenvalue weighted by atomic mass is 16.5. The lowest BCUT2D eigenvalue weighted by Crippen LogP contribution is -2.19. The largest absolute Gasteiger partial charge is 0.495 e. The third kappa shape index (κ3) is 4.53. The molecule has 2 aromatic heterocycles. The SMILES string of the molecule is C=C(C)C(O)Nc1ccc(-c2c(-c3ccc(NC(C)=O)c(OC)c3)c3c(N)ncnc3n2C)cc1. The molecule has 5 N–H and O–H groups in total. The van der Waals surface area contributed by atoms with E-state index in [1.807, 2.05) is 48.0 Å². The number of amides is 1. The molecule has 35 heavy (non-hydrogen) atoms. The minimum atomic E-state index is -0.835. The highest BCUT2D eigenvalue weighted by molar-refractivity contribution is 6.08. The summed E-state index contributed by atoms with van der Waals surface area (Å²) in [5.74, 6) is 0.689. The highest BCUT2D eigenvalue weighted by Crippen LogP contribution is 2.43. The summed E-state index contributed by atoms with van der Waals surface area (Å²) in [5, 5.41) is 16.6. The molecule has 1 amide bonds. The van der Waals surface area contributed by atoms with Crippen LogP contribution >= 0.6 is 0 Å². The number of ether oxygens (including phenoxy) is 1. The van der Waals surface area contributed by atoms with Gasteiger partial charge in [0.2, 0.25) is 5.91 Å². The van der Waals surface area contributed by atoms with E-state index in [2.05, 4.69) is 27.2 Å². The van der Waals surface area contributed by atoms with Crippen molar-refractivity contribution in [2.24, 2.45) is 7.05 Å². The number of carbonyl (C=O) groups is 1. The fourth-order valence-electron chi connectivity index (χ4n) is 4.04. The van der Waals surface area contributed by atoms with E-state index >= 15 is 0 Å². The molecule has 0 saturated carbocycles. The van der Waals surface area contributed by atoms with Crippen LogP contribution < -0.4 is 21.1 Å². The molecule has 4 rings (SSSR count). The number of rotatable bonds is 7. The molecule has 0 aliphatic rings. The smallest absolute Gasteiger partial charge is 0.221 e. The monoisotopic (exact) mass is 472 g/mol. The lowest BCUT2D eigenvalue weighted by atomic mass is 9.98. The lowest BCUT2D eigenvalue weighted by Gasteiger charge is -2.15. The number of hydrogen-bond acceptors (Lipinski definition) is 7. The zero-order valence-corrected chi connectivity index (χ0v) is 20.1. The molecule has 1 atom stereocenters. The molecule has 1 unspecified atom stereocenters. The summed E-state index contributed by atoms with van der Waals surface area (Å²) in [7, 11) is 3.48. The standard InChI is InChI=1S/C26H28N6O3/c1-14(2)26(34)31-18-9-6-16(7-10-18)23-21(22-24(27)28-13-29-25(22)32(23)4)17-8-11-19(30-15(3)33)20(12-17)35-5/h6-13,26,31,34H,1H2,2-5H3,(H,30,33)(H2,27,28,29). The lowest BCUT2D eigenvalue weighted by molar-refractivity contribution is -0.114. The maximum Gasteiger partial charge on any atom is 0.221 e.